The lowest BCUT2D eigenvalue weighted by molar-refractivity contribution is 0.207. The Morgan fingerprint density at radius 1 is 1.36 bits per heavy atom. The van der Waals surface area contributed by atoms with E-state index in [4.69, 9.17) is 4.52 Å². The van der Waals surface area contributed by atoms with Crippen molar-refractivity contribution in [2.75, 3.05) is 32.7 Å². The molecule has 0 bridgehead atoms. The number of rotatable bonds is 6. The Labute approximate surface area is 130 Å². The van der Waals surface area contributed by atoms with Gasteiger partial charge in [0.05, 0.1) is 5.69 Å². The number of piperidine rings is 1. The molecule has 22 heavy (non-hydrogen) atoms. The van der Waals surface area contributed by atoms with E-state index in [1.54, 1.807) is 6.07 Å². The molecule has 1 aliphatic rings. The third kappa shape index (κ3) is 3.47. The van der Waals surface area contributed by atoms with Gasteiger partial charge in [-0.2, -0.15) is 0 Å². The van der Waals surface area contributed by atoms with Crippen molar-refractivity contribution in [3.8, 4) is 0 Å². The Bertz CT molecular complexity index is 605. The van der Waals surface area contributed by atoms with E-state index >= 15 is 0 Å². The van der Waals surface area contributed by atoms with Crippen LogP contribution in [0.4, 0.5) is 4.39 Å². The molecular formula is C17H24FN3O. The van der Waals surface area contributed by atoms with Crippen molar-refractivity contribution in [1.29, 1.82) is 0 Å². The fraction of sp³-hybridized carbons (Fsp3) is 0.588. The minimum Gasteiger partial charge on any atom is -0.356 e. The van der Waals surface area contributed by atoms with Gasteiger partial charge in [0.15, 0.2) is 5.58 Å². The molecule has 1 saturated heterocycles. The molecule has 4 nitrogen and oxygen atoms in total. The van der Waals surface area contributed by atoms with E-state index in [1.807, 2.05) is 0 Å². The number of halogens is 1. The number of hydrogen-bond donors (Lipinski definition) is 1. The van der Waals surface area contributed by atoms with Gasteiger partial charge in [-0.3, -0.25) is 0 Å². The highest BCUT2D eigenvalue weighted by Crippen LogP contribution is 2.32. The maximum atomic E-state index is 13.2. The molecule has 2 aromatic rings. The van der Waals surface area contributed by atoms with Crippen LogP contribution in [0, 0.1) is 5.82 Å². The second kappa shape index (κ2) is 7.20. The monoisotopic (exact) mass is 305 g/mol. The van der Waals surface area contributed by atoms with Crippen molar-refractivity contribution < 1.29 is 8.91 Å². The molecule has 1 aromatic heterocycles. The third-order valence-corrected chi connectivity index (χ3v) is 4.51. The summed E-state index contributed by atoms with van der Waals surface area (Å²) in [6.45, 7) is 7.64. The van der Waals surface area contributed by atoms with E-state index in [1.165, 1.54) is 18.6 Å². The van der Waals surface area contributed by atoms with Crippen LogP contribution in [0.25, 0.3) is 11.0 Å². The van der Waals surface area contributed by atoms with E-state index in [0.717, 1.165) is 56.6 Å². The van der Waals surface area contributed by atoms with Crippen LogP contribution in [0.1, 0.15) is 37.8 Å². The molecule has 1 N–H and O–H groups in total. The summed E-state index contributed by atoms with van der Waals surface area (Å²) >= 11 is 0. The summed E-state index contributed by atoms with van der Waals surface area (Å²) in [5.41, 5.74) is 1.56. The zero-order chi connectivity index (χ0) is 15.4. The van der Waals surface area contributed by atoms with Crippen molar-refractivity contribution in [2.24, 2.45) is 0 Å². The van der Waals surface area contributed by atoms with Crippen molar-refractivity contribution in [3.63, 3.8) is 0 Å². The van der Waals surface area contributed by atoms with E-state index in [-0.39, 0.29) is 5.82 Å². The van der Waals surface area contributed by atoms with Crippen molar-refractivity contribution in [3.05, 3.63) is 29.7 Å². The van der Waals surface area contributed by atoms with Gasteiger partial charge >= 0.3 is 0 Å². The molecule has 1 aromatic carbocycles. The first-order valence-corrected chi connectivity index (χ1v) is 8.26. The number of benzene rings is 1. The molecule has 0 radical (unpaired) electrons. The molecule has 0 unspecified atom stereocenters. The van der Waals surface area contributed by atoms with Crippen LogP contribution >= 0.6 is 0 Å². The topological polar surface area (TPSA) is 41.3 Å². The maximum Gasteiger partial charge on any atom is 0.170 e. The second-order valence-corrected chi connectivity index (χ2v) is 6.03. The number of nitrogens with zero attached hydrogens (tertiary/aromatic N) is 2. The minimum absolute atomic E-state index is 0.272. The quantitative estimate of drug-likeness (QED) is 0.833. The summed E-state index contributed by atoms with van der Waals surface area (Å²) in [7, 11) is 0. The van der Waals surface area contributed by atoms with Crippen LogP contribution in [-0.4, -0.2) is 42.8 Å². The normalized spacial score (nSPS) is 17.4. The van der Waals surface area contributed by atoms with Gasteiger partial charge in [0.2, 0.25) is 0 Å². The van der Waals surface area contributed by atoms with Crippen molar-refractivity contribution in [2.45, 2.75) is 32.1 Å². The Kier molecular flexibility index (Phi) is 5.05. The zero-order valence-corrected chi connectivity index (χ0v) is 13.1. The molecule has 0 aliphatic carbocycles. The first-order chi connectivity index (χ1) is 10.8. The predicted molar refractivity (Wildman–Crippen MR) is 85.5 cm³/mol. The van der Waals surface area contributed by atoms with Gasteiger partial charge in [-0.25, -0.2) is 4.39 Å². The second-order valence-electron chi connectivity index (χ2n) is 6.03. The van der Waals surface area contributed by atoms with Gasteiger partial charge in [0.1, 0.15) is 5.82 Å². The Balaban J connectivity index is 1.56. The molecule has 1 fully saturated rings. The fourth-order valence-electron chi connectivity index (χ4n) is 3.26. The van der Waals surface area contributed by atoms with Gasteiger partial charge in [-0.1, -0.05) is 12.1 Å². The summed E-state index contributed by atoms with van der Waals surface area (Å²) in [5.74, 6) is 0.155. The SMILES string of the molecule is CCNCCCN1CCC(c2noc3cc(F)ccc23)CC1. The number of aromatic nitrogens is 1. The minimum atomic E-state index is -0.272. The third-order valence-electron chi connectivity index (χ3n) is 4.51. The van der Waals surface area contributed by atoms with Gasteiger partial charge < -0.3 is 14.7 Å². The summed E-state index contributed by atoms with van der Waals surface area (Å²) < 4.78 is 18.5. The van der Waals surface area contributed by atoms with Gasteiger partial charge in [0.25, 0.3) is 0 Å². The van der Waals surface area contributed by atoms with E-state index < -0.39 is 0 Å². The van der Waals surface area contributed by atoms with E-state index in [2.05, 4.69) is 22.3 Å². The summed E-state index contributed by atoms with van der Waals surface area (Å²) in [5, 5.41) is 8.53. The first kappa shape index (κ1) is 15.4. The highest BCUT2D eigenvalue weighted by atomic mass is 19.1. The maximum absolute atomic E-state index is 13.2. The van der Waals surface area contributed by atoms with Crippen LogP contribution < -0.4 is 5.32 Å². The Morgan fingerprint density at radius 2 is 2.18 bits per heavy atom. The van der Waals surface area contributed by atoms with Gasteiger partial charge in [-0.05, 0) is 64.1 Å². The van der Waals surface area contributed by atoms with Crippen LogP contribution in [0.5, 0.6) is 0 Å². The highest BCUT2D eigenvalue weighted by molar-refractivity contribution is 5.79. The molecule has 5 heteroatoms. The highest BCUT2D eigenvalue weighted by Gasteiger charge is 2.24. The number of nitrogens with one attached hydrogen (secondary N) is 1. The number of hydrogen-bond acceptors (Lipinski definition) is 4. The lowest BCUT2D eigenvalue weighted by atomic mass is 9.91. The average Bonchev–Trinajstić information content (AvgIpc) is 2.95. The predicted octanol–water partition coefficient (Wildman–Crippen LogP) is 3.15. The smallest absolute Gasteiger partial charge is 0.170 e. The molecule has 0 amide bonds. The largest absolute Gasteiger partial charge is 0.356 e. The molecule has 1 aliphatic heterocycles. The zero-order valence-electron chi connectivity index (χ0n) is 13.1. The summed E-state index contributed by atoms with van der Waals surface area (Å²) in [6, 6.07) is 4.69. The molecule has 2 heterocycles. The lowest BCUT2D eigenvalue weighted by Crippen LogP contribution is -2.35. The van der Waals surface area contributed by atoms with Gasteiger partial charge in [0, 0.05) is 17.4 Å². The molecule has 3 rings (SSSR count). The van der Waals surface area contributed by atoms with Crippen LogP contribution in [-0.2, 0) is 0 Å². The number of likely N-dealkylation sites (tertiary alicyclic amines) is 1. The molecule has 0 atom stereocenters. The van der Waals surface area contributed by atoms with Crippen molar-refractivity contribution in [1.82, 2.24) is 15.4 Å². The van der Waals surface area contributed by atoms with E-state index in [9.17, 15) is 4.39 Å². The lowest BCUT2D eigenvalue weighted by Gasteiger charge is -2.31. The average molecular weight is 305 g/mol. The van der Waals surface area contributed by atoms with Crippen LogP contribution in [0.15, 0.2) is 22.7 Å². The van der Waals surface area contributed by atoms with E-state index in [0.29, 0.717) is 11.5 Å². The Morgan fingerprint density at radius 3 is 2.95 bits per heavy atom. The summed E-state index contributed by atoms with van der Waals surface area (Å²) in [4.78, 5) is 2.52. The van der Waals surface area contributed by atoms with Crippen LogP contribution in [0.3, 0.4) is 0 Å². The summed E-state index contributed by atoms with van der Waals surface area (Å²) in [6.07, 6.45) is 3.39. The van der Waals surface area contributed by atoms with Crippen molar-refractivity contribution >= 4 is 11.0 Å². The fourth-order valence-corrected chi connectivity index (χ4v) is 3.26. The molecule has 0 spiro atoms. The number of fused-ring (bicyclic) bond motifs is 1. The Hall–Kier alpha value is -1.46. The molecular weight excluding hydrogens is 281 g/mol. The van der Waals surface area contributed by atoms with Crippen LogP contribution in [0.2, 0.25) is 0 Å². The standard InChI is InChI=1S/C17H24FN3O/c1-2-19-8-3-9-21-10-6-13(7-11-21)17-15-5-4-14(18)12-16(15)22-20-17/h4-5,12-13,19H,2-3,6-11H2,1H3. The molecule has 120 valence electrons. The van der Waals surface area contributed by atoms with Gasteiger partial charge in [-0.15, -0.1) is 0 Å². The first-order valence-electron chi connectivity index (χ1n) is 8.26. The molecule has 0 saturated carbocycles.